The van der Waals surface area contributed by atoms with Crippen molar-refractivity contribution in [3.8, 4) is 11.5 Å². The Morgan fingerprint density at radius 1 is 1.03 bits per heavy atom. The van der Waals surface area contributed by atoms with Gasteiger partial charge in [0.25, 0.3) is 16.8 Å². The van der Waals surface area contributed by atoms with Gasteiger partial charge in [0.1, 0.15) is 6.61 Å². The van der Waals surface area contributed by atoms with Crippen LogP contribution in [-0.4, -0.2) is 28.1 Å². The van der Waals surface area contributed by atoms with Gasteiger partial charge in [-0.3, -0.25) is 24.6 Å². The van der Waals surface area contributed by atoms with E-state index in [1.807, 2.05) is 18.2 Å². The SMILES string of the molecule is COc1cc(/C=C2/SC(=O)N(Cc3ccccc3[N+](=O)[O-])C2=O)ccc1OCc1ccccc1Cl. The van der Waals surface area contributed by atoms with Crippen molar-refractivity contribution in [2.75, 3.05) is 7.11 Å². The van der Waals surface area contributed by atoms with E-state index >= 15 is 0 Å². The third-order valence-corrected chi connectivity index (χ3v) is 6.49. The summed E-state index contributed by atoms with van der Waals surface area (Å²) >= 11 is 6.96. The van der Waals surface area contributed by atoms with Crippen molar-refractivity contribution in [1.82, 2.24) is 4.90 Å². The number of nitrogens with zero attached hydrogens (tertiary/aromatic N) is 2. The first-order valence-electron chi connectivity index (χ1n) is 10.4. The molecule has 0 N–H and O–H groups in total. The van der Waals surface area contributed by atoms with Crippen LogP contribution in [0.5, 0.6) is 11.5 Å². The van der Waals surface area contributed by atoms with Crippen LogP contribution in [0.4, 0.5) is 10.5 Å². The highest BCUT2D eigenvalue weighted by atomic mass is 35.5. The molecule has 35 heavy (non-hydrogen) atoms. The van der Waals surface area contributed by atoms with E-state index in [-0.39, 0.29) is 29.3 Å². The molecule has 3 aromatic rings. The molecule has 0 spiro atoms. The summed E-state index contributed by atoms with van der Waals surface area (Å²) in [4.78, 5) is 37.3. The standard InChI is InChI=1S/C25H19ClN2O6S/c1-33-22-12-16(10-11-21(22)34-15-18-7-2-4-8-19(18)26)13-23-24(29)27(25(30)35-23)14-17-6-3-5-9-20(17)28(31)32/h2-13H,14-15H2,1H3/b23-13+. The number of hydrogen-bond acceptors (Lipinski definition) is 7. The molecule has 0 radical (unpaired) electrons. The third kappa shape index (κ3) is 5.47. The number of amides is 2. The van der Waals surface area contributed by atoms with Crippen LogP contribution in [0, 0.1) is 10.1 Å². The van der Waals surface area contributed by atoms with E-state index in [1.54, 1.807) is 36.4 Å². The first-order valence-corrected chi connectivity index (χ1v) is 11.6. The molecule has 2 amide bonds. The van der Waals surface area contributed by atoms with Crippen molar-refractivity contribution in [2.24, 2.45) is 0 Å². The van der Waals surface area contributed by atoms with E-state index in [4.69, 9.17) is 21.1 Å². The van der Waals surface area contributed by atoms with Crippen molar-refractivity contribution in [2.45, 2.75) is 13.2 Å². The van der Waals surface area contributed by atoms with Gasteiger partial charge >= 0.3 is 0 Å². The number of carbonyl (C=O) groups excluding carboxylic acids is 2. The minimum Gasteiger partial charge on any atom is -0.493 e. The lowest BCUT2D eigenvalue weighted by Gasteiger charge is -2.13. The summed E-state index contributed by atoms with van der Waals surface area (Å²) in [5.41, 5.74) is 1.59. The van der Waals surface area contributed by atoms with E-state index < -0.39 is 16.1 Å². The molecule has 1 saturated heterocycles. The first-order chi connectivity index (χ1) is 16.9. The van der Waals surface area contributed by atoms with Crippen LogP contribution in [0.15, 0.2) is 71.6 Å². The normalized spacial score (nSPS) is 14.5. The van der Waals surface area contributed by atoms with E-state index in [9.17, 15) is 19.7 Å². The van der Waals surface area contributed by atoms with Crippen molar-refractivity contribution in [3.05, 3.63) is 103 Å². The summed E-state index contributed by atoms with van der Waals surface area (Å²) in [5.74, 6) is 0.426. The third-order valence-electron chi connectivity index (χ3n) is 5.22. The number of methoxy groups -OCH3 is 1. The summed E-state index contributed by atoms with van der Waals surface area (Å²) < 4.78 is 11.3. The number of thioether (sulfide) groups is 1. The van der Waals surface area contributed by atoms with Gasteiger partial charge in [-0.05, 0) is 41.6 Å². The number of halogens is 1. The highest BCUT2D eigenvalue weighted by Gasteiger charge is 2.36. The van der Waals surface area contributed by atoms with Crippen molar-refractivity contribution < 1.29 is 24.0 Å². The van der Waals surface area contributed by atoms with Crippen LogP contribution >= 0.6 is 23.4 Å². The van der Waals surface area contributed by atoms with Crippen molar-refractivity contribution in [1.29, 1.82) is 0 Å². The summed E-state index contributed by atoms with van der Waals surface area (Å²) in [6.07, 6.45) is 1.57. The predicted octanol–water partition coefficient (Wildman–Crippen LogP) is 6.07. The largest absolute Gasteiger partial charge is 0.493 e. The molecule has 0 atom stereocenters. The molecule has 8 nitrogen and oxygen atoms in total. The second kappa shape index (κ2) is 10.6. The van der Waals surface area contributed by atoms with Gasteiger partial charge in [-0.2, -0.15) is 0 Å². The predicted molar refractivity (Wildman–Crippen MR) is 133 cm³/mol. The summed E-state index contributed by atoms with van der Waals surface area (Å²) in [5, 5.41) is 11.4. The zero-order valence-electron chi connectivity index (χ0n) is 18.5. The number of ether oxygens (including phenoxy) is 2. The quantitative estimate of drug-likeness (QED) is 0.206. The molecule has 0 saturated carbocycles. The monoisotopic (exact) mass is 510 g/mol. The second-order valence-corrected chi connectivity index (χ2v) is 8.84. The highest BCUT2D eigenvalue weighted by Crippen LogP contribution is 2.36. The minimum atomic E-state index is -0.536. The fourth-order valence-electron chi connectivity index (χ4n) is 3.44. The van der Waals surface area contributed by atoms with Crippen LogP contribution < -0.4 is 9.47 Å². The second-order valence-electron chi connectivity index (χ2n) is 7.44. The van der Waals surface area contributed by atoms with E-state index in [0.717, 1.165) is 22.2 Å². The van der Waals surface area contributed by atoms with Gasteiger partial charge < -0.3 is 9.47 Å². The molecular formula is C25H19ClN2O6S. The summed E-state index contributed by atoms with van der Waals surface area (Å²) in [6.45, 7) is 0.0667. The van der Waals surface area contributed by atoms with Gasteiger partial charge in [0, 0.05) is 22.2 Å². The molecule has 0 unspecified atom stereocenters. The van der Waals surface area contributed by atoms with Crippen LogP contribution in [0.25, 0.3) is 6.08 Å². The van der Waals surface area contributed by atoms with Crippen LogP contribution in [0.2, 0.25) is 5.02 Å². The van der Waals surface area contributed by atoms with Gasteiger partial charge in [-0.1, -0.05) is 54.1 Å². The first kappa shape index (κ1) is 24.3. The zero-order chi connectivity index (χ0) is 24.9. The Morgan fingerprint density at radius 2 is 1.74 bits per heavy atom. The van der Waals surface area contributed by atoms with Crippen LogP contribution in [0.3, 0.4) is 0 Å². The number of hydrogen-bond donors (Lipinski definition) is 0. The molecule has 0 bridgehead atoms. The number of nitro groups is 1. The lowest BCUT2D eigenvalue weighted by Crippen LogP contribution is -2.27. The van der Waals surface area contributed by atoms with Crippen molar-refractivity contribution >= 4 is 46.3 Å². The summed E-state index contributed by atoms with van der Waals surface area (Å²) in [6, 6.07) is 18.5. The Kier molecular flexibility index (Phi) is 7.38. The van der Waals surface area contributed by atoms with Gasteiger partial charge in [0.15, 0.2) is 11.5 Å². The maximum absolute atomic E-state index is 12.9. The van der Waals surface area contributed by atoms with Gasteiger partial charge in [0.05, 0.1) is 23.5 Å². The number of carbonyl (C=O) groups is 2. The fourth-order valence-corrected chi connectivity index (χ4v) is 4.47. The lowest BCUT2D eigenvalue weighted by atomic mass is 10.1. The van der Waals surface area contributed by atoms with Gasteiger partial charge in [0.2, 0.25) is 0 Å². The maximum atomic E-state index is 12.9. The highest BCUT2D eigenvalue weighted by molar-refractivity contribution is 8.18. The number of rotatable bonds is 8. The number of para-hydroxylation sites is 1. The molecule has 1 heterocycles. The van der Waals surface area contributed by atoms with E-state index in [0.29, 0.717) is 22.1 Å². The number of nitro benzene ring substituents is 1. The summed E-state index contributed by atoms with van der Waals surface area (Å²) in [7, 11) is 1.50. The molecule has 1 aliphatic rings. The van der Waals surface area contributed by atoms with Crippen LogP contribution in [0.1, 0.15) is 16.7 Å². The molecule has 1 aliphatic heterocycles. The minimum absolute atomic E-state index is 0.146. The average Bonchev–Trinajstić information content (AvgIpc) is 3.11. The van der Waals surface area contributed by atoms with Crippen LogP contribution in [-0.2, 0) is 17.9 Å². The molecule has 0 aliphatic carbocycles. The topological polar surface area (TPSA) is 99.0 Å². The average molecular weight is 511 g/mol. The Balaban J connectivity index is 1.51. The number of benzene rings is 3. The Bertz CT molecular complexity index is 1340. The zero-order valence-corrected chi connectivity index (χ0v) is 20.0. The molecule has 10 heteroatoms. The molecule has 3 aromatic carbocycles. The lowest BCUT2D eigenvalue weighted by molar-refractivity contribution is -0.385. The smallest absolute Gasteiger partial charge is 0.293 e. The van der Waals surface area contributed by atoms with Crippen molar-refractivity contribution in [3.63, 3.8) is 0 Å². The molecular weight excluding hydrogens is 492 g/mol. The Morgan fingerprint density at radius 3 is 2.46 bits per heavy atom. The number of imide groups is 1. The Labute approximate surface area is 210 Å². The molecule has 0 aromatic heterocycles. The molecule has 1 fully saturated rings. The van der Waals surface area contributed by atoms with E-state index in [2.05, 4.69) is 0 Å². The van der Waals surface area contributed by atoms with Gasteiger partial charge in [-0.25, -0.2) is 0 Å². The Hall–Kier alpha value is -3.82. The molecule has 178 valence electrons. The molecule has 4 rings (SSSR count). The van der Waals surface area contributed by atoms with Gasteiger partial charge in [-0.15, -0.1) is 0 Å². The van der Waals surface area contributed by atoms with E-state index in [1.165, 1.54) is 25.3 Å². The maximum Gasteiger partial charge on any atom is 0.293 e. The fraction of sp³-hybridized carbons (Fsp3) is 0.120.